The summed E-state index contributed by atoms with van der Waals surface area (Å²) in [5.74, 6) is 0.922. The van der Waals surface area contributed by atoms with Crippen molar-refractivity contribution in [1.82, 2.24) is 15.0 Å². The minimum atomic E-state index is -0.987. The molecule has 2 aromatic heterocycles. The Morgan fingerprint density at radius 2 is 1.86 bits per heavy atom. The van der Waals surface area contributed by atoms with E-state index in [1.54, 1.807) is 24.4 Å². The van der Waals surface area contributed by atoms with E-state index in [4.69, 9.17) is 14.5 Å². The number of carboxylic acids is 1. The Labute approximate surface area is 165 Å². The molecule has 7 nitrogen and oxygen atoms in total. The SMILES string of the molecule is O=C(O)c1cccc(-c2nc(-c3ccc4c(c3)OCO4)c(-c3ccccn3)[nH]2)c1. The number of pyridine rings is 1. The number of aromatic carboxylic acids is 1. The molecule has 1 aliphatic heterocycles. The zero-order chi connectivity index (χ0) is 19.8. The van der Waals surface area contributed by atoms with E-state index in [1.165, 1.54) is 0 Å². The van der Waals surface area contributed by atoms with Crippen molar-refractivity contribution in [2.24, 2.45) is 0 Å². The fraction of sp³-hybridized carbons (Fsp3) is 0.0455. The molecule has 3 heterocycles. The first-order valence-electron chi connectivity index (χ1n) is 8.94. The second kappa shape index (κ2) is 6.79. The molecular formula is C22H15N3O4. The summed E-state index contributed by atoms with van der Waals surface area (Å²) in [5, 5.41) is 9.30. The largest absolute Gasteiger partial charge is 0.478 e. The molecule has 0 saturated heterocycles. The van der Waals surface area contributed by atoms with E-state index in [2.05, 4.69) is 9.97 Å². The van der Waals surface area contributed by atoms with Crippen molar-refractivity contribution in [2.75, 3.05) is 6.79 Å². The lowest BCUT2D eigenvalue weighted by Crippen LogP contribution is -1.96. The number of fused-ring (bicyclic) bond motifs is 1. The normalized spacial score (nSPS) is 12.1. The molecular weight excluding hydrogens is 370 g/mol. The van der Waals surface area contributed by atoms with Crippen molar-refractivity contribution in [1.29, 1.82) is 0 Å². The number of hydrogen-bond donors (Lipinski definition) is 2. The summed E-state index contributed by atoms with van der Waals surface area (Å²) in [6, 6.07) is 17.9. The van der Waals surface area contributed by atoms with Gasteiger partial charge in [-0.2, -0.15) is 0 Å². The van der Waals surface area contributed by atoms with Crippen LogP contribution in [-0.2, 0) is 0 Å². The fourth-order valence-electron chi connectivity index (χ4n) is 3.26. The quantitative estimate of drug-likeness (QED) is 0.546. The number of rotatable bonds is 4. The molecule has 1 aliphatic rings. The smallest absolute Gasteiger partial charge is 0.335 e. The molecule has 2 aromatic carbocycles. The van der Waals surface area contributed by atoms with Gasteiger partial charge >= 0.3 is 5.97 Å². The highest BCUT2D eigenvalue weighted by atomic mass is 16.7. The average Bonchev–Trinajstić information content (AvgIpc) is 3.41. The van der Waals surface area contributed by atoms with Gasteiger partial charge in [-0.1, -0.05) is 18.2 Å². The summed E-state index contributed by atoms with van der Waals surface area (Å²) >= 11 is 0. The molecule has 2 N–H and O–H groups in total. The molecule has 0 amide bonds. The van der Waals surface area contributed by atoms with Gasteiger partial charge in [0.1, 0.15) is 5.82 Å². The number of nitrogens with zero attached hydrogens (tertiary/aromatic N) is 2. The van der Waals surface area contributed by atoms with Crippen molar-refractivity contribution in [3.05, 3.63) is 72.4 Å². The first kappa shape index (κ1) is 17.0. The van der Waals surface area contributed by atoms with Gasteiger partial charge < -0.3 is 19.6 Å². The predicted molar refractivity (Wildman–Crippen MR) is 106 cm³/mol. The van der Waals surface area contributed by atoms with Gasteiger partial charge in [-0.3, -0.25) is 4.98 Å². The highest BCUT2D eigenvalue weighted by molar-refractivity contribution is 5.89. The van der Waals surface area contributed by atoms with Crippen LogP contribution in [0.25, 0.3) is 34.0 Å². The van der Waals surface area contributed by atoms with Crippen LogP contribution < -0.4 is 9.47 Å². The summed E-state index contributed by atoms with van der Waals surface area (Å²) in [4.78, 5) is 23.9. The van der Waals surface area contributed by atoms with E-state index in [0.29, 0.717) is 28.6 Å². The third-order valence-corrected chi connectivity index (χ3v) is 4.65. The topological polar surface area (TPSA) is 97.3 Å². The molecule has 29 heavy (non-hydrogen) atoms. The van der Waals surface area contributed by atoms with Gasteiger partial charge in [0.05, 0.1) is 22.6 Å². The molecule has 142 valence electrons. The number of carboxylic acid groups (broad SMARTS) is 1. The average molecular weight is 385 g/mol. The third-order valence-electron chi connectivity index (χ3n) is 4.65. The highest BCUT2D eigenvalue weighted by Crippen LogP contribution is 2.39. The molecule has 0 spiro atoms. The van der Waals surface area contributed by atoms with E-state index in [9.17, 15) is 9.90 Å². The fourth-order valence-corrected chi connectivity index (χ4v) is 3.26. The van der Waals surface area contributed by atoms with E-state index in [-0.39, 0.29) is 12.4 Å². The number of hydrogen-bond acceptors (Lipinski definition) is 5. The third kappa shape index (κ3) is 3.08. The van der Waals surface area contributed by atoms with Gasteiger partial charge in [0.2, 0.25) is 6.79 Å². The number of aromatic nitrogens is 3. The number of aromatic amines is 1. The van der Waals surface area contributed by atoms with E-state index < -0.39 is 5.97 Å². The van der Waals surface area contributed by atoms with Crippen LogP contribution in [0.15, 0.2) is 66.9 Å². The van der Waals surface area contributed by atoms with Crippen LogP contribution in [0.2, 0.25) is 0 Å². The summed E-state index contributed by atoms with van der Waals surface area (Å²) in [6.45, 7) is 0.194. The van der Waals surface area contributed by atoms with Crippen molar-refractivity contribution in [3.8, 4) is 45.5 Å². The van der Waals surface area contributed by atoms with Crippen molar-refractivity contribution in [3.63, 3.8) is 0 Å². The van der Waals surface area contributed by atoms with Crippen LogP contribution in [0.4, 0.5) is 0 Å². The molecule has 4 aromatic rings. The van der Waals surface area contributed by atoms with Gasteiger partial charge in [-0.05, 0) is 42.5 Å². The lowest BCUT2D eigenvalue weighted by Gasteiger charge is -2.03. The van der Waals surface area contributed by atoms with Gasteiger partial charge in [-0.25, -0.2) is 9.78 Å². The monoisotopic (exact) mass is 385 g/mol. The molecule has 0 atom stereocenters. The second-order valence-electron chi connectivity index (χ2n) is 6.48. The van der Waals surface area contributed by atoms with Crippen LogP contribution >= 0.6 is 0 Å². The number of nitrogens with one attached hydrogen (secondary N) is 1. The molecule has 0 radical (unpaired) electrons. The van der Waals surface area contributed by atoms with Gasteiger partial charge in [0, 0.05) is 17.3 Å². The Balaban J connectivity index is 1.67. The standard InChI is InChI=1S/C22H15N3O4/c26-22(27)15-5-3-4-14(10-15)21-24-19(20(25-21)16-6-1-2-9-23-16)13-7-8-17-18(11-13)29-12-28-17/h1-11H,12H2,(H,24,25)(H,26,27). The molecule has 0 unspecified atom stereocenters. The molecule has 5 rings (SSSR count). The highest BCUT2D eigenvalue weighted by Gasteiger charge is 2.20. The predicted octanol–water partition coefficient (Wildman–Crippen LogP) is 4.23. The van der Waals surface area contributed by atoms with Gasteiger partial charge in [-0.15, -0.1) is 0 Å². The summed E-state index contributed by atoms with van der Waals surface area (Å²) in [6.07, 6.45) is 1.71. The maximum atomic E-state index is 11.3. The number of benzene rings is 2. The Bertz CT molecular complexity index is 1220. The zero-order valence-corrected chi connectivity index (χ0v) is 15.1. The van der Waals surface area contributed by atoms with E-state index in [1.807, 2.05) is 42.5 Å². The number of ether oxygens (including phenoxy) is 2. The van der Waals surface area contributed by atoms with Crippen molar-refractivity contribution < 1.29 is 19.4 Å². The van der Waals surface area contributed by atoms with Crippen LogP contribution in [-0.4, -0.2) is 32.8 Å². The van der Waals surface area contributed by atoms with E-state index >= 15 is 0 Å². The Kier molecular flexibility index (Phi) is 3.98. The lowest BCUT2D eigenvalue weighted by molar-refractivity contribution is 0.0697. The van der Waals surface area contributed by atoms with Crippen LogP contribution in [0.5, 0.6) is 11.5 Å². The summed E-state index contributed by atoms with van der Waals surface area (Å²) in [7, 11) is 0. The Morgan fingerprint density at radius 1 is 0.966 bits per heavy atom. The summed E-state index contributed by atoms with van der Waals surface area (Å²) in [5.41, 5.74) is 3.87. The first-order valence-corrected chi connectivity index (χ1v) is 8.94. The molecule has 0 bridgehead atoms. The number of H-pyrrole nitrogens is 1. The van der Waals surface area contributed by atoms with Crippen LogP contribution in [0.3, 0.4) is 0 Å². The molecule has 0 fully saturated rings. The Hall–Kier alpha value is -4.13. The maximum absolute atomic E-state index is 11.3. The molecule has 0 aliphatic carbocycles. The summed E-state index contributed by atoms with van der Waals surface area (Å²) < 4.78 is 10.9. The Morgan fingerprint density at radius 3 is 2.69 bits per heavy atom. The van der Waals surface area contributed by atoms with Gasteiger partial charge in [0.15, 0.2) is 11.5 Å². The van der Waals surface area contributed by atoms with Gasteiger partial charge in [0.25, 0.3) is 0 Å². The minimum Gasteiger partial charge on any atom is -0.478 e. The van der Waals surface area contributed by atoms with Crippen LogP contribution in [0, 0.1) is 0 Å². The van der Waals surface area contributed by atoms with Crippen LogP contribution in [0.1, 0.15) is 10.4 Å². The molecule has 0 saturated carbocycles. The maximum Gasteiger partial charge on any atom is 0.335 e. The van der Waals surface area contributed by atoms with E-state index in [0.717, 1.165) is 17.0 Å². The first-order chi connectivity index (χ1) is 14.2. The zero-order valence-electron chi connectivity index (χ0n) is 15.1. The number of carbonyl (C=O) groups is 1. The van der Waals surface area contributed by atoms with Crippen molar-refractivity contribution >= 4 is 5.97 Å². The minimum absolute atomic E-state index is 0.194. The number of imidazole rings is 1. The lowest BCUT2D eigenvalue weighted by atomic mass is 10.1. The molecule has 7 heteroatoms. The van der Waals surface area contributed by atoms with Crippen molar-refractivity contribution in [2.45, 2.75) is 0 Å². The second-order valence-corrected chi connectivity index (χ2v) is 6.48.